The quantitative estimate of drug-likeness (QED) is 0.892. The first-order valence-electron chi connectivity index (χ1n) is 4.82. The number of nitrogens with one attached hydrogen (secondary N) is 1. The van der Waals surface area contributed by atoms with Gasteiger partial charge in [-0.2, -0.15) is 4.37 Å². The largest absolute Gasteiger partial charge is 0.354 e. The van der Waals surface area contributed by atoms with Crippen molar-refractivity contribution >= 4 is 16.7 Å². The van der Waals surface area contributed by atoms with E-state index in [0.29, 0.717) is 0 Å². The summed E-state index contributed by atoms with van der Waals surface area (Å²) in [5, 5.41) is 3.88. The van der Waals surface area contributed by atoms with Gasteiger partial charge in [-0.25, -0.2) is 9.37 Å². The summed E-state index contributed by atoms with van der Waals surface area (Å²) in [6, 6.07) is 1.41. The number of hydrogen-bond acceptors (Lipinski definition) is 5. The highest BCUT2D eigenvalue weighted by Gasteiger charge is 2.09. The van der Waals surface area contributed by atoms with Crippen molar-refractivity contribution in [3.05, 3.63) is 35.7 Å². The number of aryl methyl sites for hydroxylation is 1. The van der Waals surface area contributed by atoms with E-state index in [1.807, 2.05) is 13.8 Å². The molecule has 0 saturated carbocycles. The number of anilines is 1. The molecule has 84 valence electrons. The highest BCUT2D eigenvalue weighted by Crippen LogP contribution is 2.20. The molecule has 0 fully saturated rings. The molecule has 1 atom stereocenters. The molecule has 2 aromatic heterocycles. The Morgan fingerprint density at radius 2 is 2.25 bits per heavy atom. The average molecular weight is 238 g/mol. The zero-order valence-corrected chi connectivity index (χ0v) is 9.75. The summed E-state index contributed by atoms with van der Waals surface area (Å²) in [4.78, 5) is 7.99. The molecule has 2 heterocycles. The van der Waals surface area contributed by atoms with Gasteiger partial charge in [-0.15, -0.1) is 0 Å². The fourth-order valence-electron chi connectivity index (χ4n) is 1.29. The van der Waals surface area contributed by atoms with Crippen LogP contribution in [0.3, 0.4) is 0 Å². The van der Waals surface area contributed by atoms with Crippen LogP contribution in [-0.4, -0.2) is 14.3 Å². The van der Waals surface area contributed by atoms with Gasteiger partial charge in [-0.3, -0.25) is 4.98 Å². The topological polar surface area (TPSA) is 50.7 Å². The molecule has 0 aliphatic rings. The summed E-state index contributed by atoms with van der Waals surface area (Å²) in [7, 11) is 0. The third kappa shape index (κ3) is 2.52. The Hall–Kier alpha value is -1.56. The Morgan fingerprint density at radius 3 is 2.88 bits per heavy atom. The monoisotopic (exact) mass is 238 g/mol. The summed E-state index contributed by atoms with van der Waals surface area (Å²) >= 11 is 1.29. The van der Waals surface area contributed by atoms with Crippen molar-refractivity contribution < 1.29 is 4.39 Å². The molecule has 6 heteroatoms. The lowest BCUT2D eigenvalue weighted by molar-refractivity contribution is 0.616. The van der Waals surface area contributed by atoms with Crippen LogP contribution in [0.5, 0.6) is 0 Å². The van der Waals surface area contributed by atoms with Crippen LogP contribution >= 0.6 is 11.5 Å². The van der Waals surface area contributed by atoms with Crippen molar-refractivity contribution in [3.8, 4) is 0 Å². The Labute approximate surface area is 96.7 Å². The number of rotatable bonds is 3. The normalized spacial score (nSPS) is 12.4. The van der Waals surface area contributed by atoms with Crippen LogP contribution in [0.4, 0.5) is 9.52 Å². The molecule has 0 aromatic carbocycles. The molecule has 0 aliphatic heterocycles. The van der Waals surface area contributed by atoms with Crippen LogP contribution in [0.2, 0.25) is 0 Å². The highest BCUT2D eigenvalue weighted by molar-refractivity contribution is 7.09. The first kappa shape index (κ1) is 10.9. The second-order valence-corrected chi connectivity index (χ2v) is 4.20. The van der Waals surface area contributed by atoms with Crippen molar-refractivity contribution in [2.75, 3.05) is 5.32 Å². The van der Waals surface area contributed by atoms with E-state index in [0.717, 1.165) is 16.5 Å². The van der Waals surface area contributed by atoms with Gasteiger partial charge in [0.25, 0.3) is 0 Å². The van der Waals surface area contributed by atoms with E-state index >= 15 is 0 Å². The molecule has 0 saturated heterocycles. The summed E-state index contributed by atoms with van der Waals surface area (Å²) in [6.45, 7) is 3.75. The van der Waals surface area contributed by atoms with Crippen LogP contribution in [0, 0.1) is 12.7 Å². The molecule has 0 bridgehead atoms. The van der Waals surface area contributed by atoms with Crippen LogP contribution in [-0.2, 0) is 0 Å². The van der Waals surface area contributed by atoms with E-state index in [9.17, 15) is 4.39 Å². The van der Waals surface area contributed by atoms with E-state index in [-0.39, 0.29) is 11.9 Å². The molecule has 2 rings (SSSR count). The van der Waals surface area contributed by atoms with Crippen LogP contribution in [0.15, 0.2) is 18.5 Å². The van der Waals surface area contributed by atoms with E-state index in [1.54, 1.807) is 6.20 Å². The molecule has 0 unspecified atom stereocenters. The molecular formula is C10H11FN4S. The van der Waals surface area contributed by atoms with Gasteiger partial charge in [0, 0.05) is 17.7 Å². The maximum Gasteiger partial charge on any atom is 0.203 e. The minimum atomic E-state index is -0.334. The number of aromatic nitrogens is 3. The Bertz CT molecular complexity index is 485. The fraction of sp³-hybridized carbons (Fsp3) is 0.300. The maximum absolute atomic E-state index is 13.0. The second-order valence-electron chi connectivity index (χ2n) is 3.45. The summed E-state index contributed by atoms with van der Waals surface area (Å²) in [5.74, 6) is 0.400. The smallest absolute Gasteiger partial charge is 0.203 e. The van der Waals surface area contributed by atoms with Crippen molar-refractivity contribution in [2.45, 2.75) is 19.9 Å². The zero-order valence-electron chi connectivity index (χ0n) is 8.94. The van der Waals surface area contributed by atoms with Gasteiger partial charge < -0.3 is 5.32 Å². The molecule has 0 radical (unpaired) electrons. The van der Waals surface area contributed by atoms with E-state index in [2.05, 4.69) is 19.7 Å². The SMILES string of the molecule is Cc1nsc(N[C@H](C)c2cncc(F)c2)n1. The number of pyridine rings is 1. The van der Waals surface area contributed by atoms with Gasteiger partial charge in [0.2, 0.25) is 5.13 Å². The number of halogens is 1. The lowest BCUT2D eigenvalue weighted by Gasteiger charge is -2.12. The molecular weight excluding hydrogens is 227 g/mol. The minimum absolute atomic E-state index is 0.0458. The zero-order chi connectivity index (χ0) is 11.5. The first-order chi connectivity index (χ1) is 7.65. The second kappa shape index (κ2) is 4.52. The summed E-state index contributed by atoms with van der Waals surface area (Å²) < 4.78 is 17.0. The molecule has 0 aliphatic carbocycles. The Kier molecular flexibility index (Phi) is 3.09. The van der Waals surface area contributed by atoms with E-state index in [4.69, 9.17) is 0 Å². The van der Waals surface area contributed by atoms with Gasteiger partial charge in [0.05, 0.1) is 12.2 Å². The van der Waals surface area contributed by atoms with Crippen molar-refractivity contribution in [2.24, 2.45) is 0 Å². The van der Waals surface area contributed by atoms with Crippen molar-refractivity contribution in [3.63, 3.8) is 0 Å². The van der Waals surface area contributed by atoms with E-state index in [1.165, 1.54) is 23.8 Å². The number of hydrogen-bond donors (Lipinski definition) is 1. The van der Waals surface area contributed by atoms with Gasteiger partial charge >= 0.3 is 0 Å². The molecule has 0 spiro atoms. The van der Waals surface area contributed by atoms with Gasteiger partial charge in [-0.05, 0) is 25.5 Å². The number of nitrogens with zero attached hydrogens (tertiary/aromatic N) is 3. The van der Waals surface area contributed by atoms with Crippen LogP contribution < -0.4 is 5.32 Å². The average Bonchev–Trinajstić information content (AvgIpc) is 2.64. The lowest BCUT2D eigenvalue weighted by atomic mass is 10.1. The maximum atomic E-state index is 13.0. The fourth-order valence-corrected chi connectivity index (χ4v) is 1.95. The third-order valence-corrected chi connectivity index (χ3v) is 2.83. The van der Waals surface area contributed by atoms with Gasteiger partial charge in [0.15, 0.2) is 0 Å². The van der Waals surface area contributed by atoms with Crippen molar-refractivity contribution in [1.82, 2.24) is 14.3 Å². The van der Waals surface area contributed by atoms with Crippen LogP contribution in [0.25, 0.3) is 0 Å². The minimum Gasteiger partial charge on any atom is -0.354 e. The van der Waals surface area contributed by atoms with Gasteiger partial charge in [0.1, 0.15) is 11.6 Å². The third-order valence-electron chi connectivity index (χ3n) is 2.09. The molecule has 1 N–H and O–H groups in total. The standard InChI is InChI=1S/C10H11FN4S/c1-6(8-3-9(11)5-12-4-8)13-10-14-7(2)15-16-10/h3-6H,1-2H3,(H,13,14,15)/t6-/m1/s1. The summed E-state index contributed by atoms with van der Waals surface area (Å²) in [5.41, 5.74) is 0.785. The van der Waals surface area contributed by atoms with Gasteiger partial charge in [-0.1, -0.05) is 0 Å². The van der Waals surface area contributed by atoms with Crippen molar-refractivity contribution in [1.29, 1.82) is 0 Å². The predicted molar refractivity (Wildman–Crippen MR) is 60.9 cm³/mol. The van der Waals surface area contributed by atoms with E-state index < -0.39 is 0 Å². The predicted octanol–water partition coefficient (Wildman–Crippen LogP) is 2.55. The summed E-state index contributed by atoms with van der Waals surface area (Å²) in [6.07, 6.45) is 2.82. The Morgan fingerprint density at radius 1 is 1.44 bits per heavy atom. The lowest BCUT2D eigenvalue weighted by Crippen LogP contribution is -2.07. The molecule has 4 nitrogen and oxygen atoms in total. The molecule has 16 heavy (non-hydrogen) atoms. The highest BCUT2D eigenvalue weighted by atomic mass is 32.1. The first-order valence-corrected chi connectivity index (χ1v) is 5.60. The van der Waals surface area contributed by atoms with Crippen LogP contribution in [0.1, 0.15) is 24.4 Å². The molecule has 0 amide bonds. The Balaban J connectivity index is 2.11. The molecule has 2 aromatic rings.